The molecule has 0 atom stereocenters. The van der Waals surface area contributed by atoms with Gasteiger partial charge in [0.05, 0.1) is 6.21 Å². The fourth-order valence-corrected chi connectivity index (χ4v) is 3.04. The second-order valence-corrected chi connectivity index (χ2v) is 6.94. The Morgan fingerprint density at radius 1 is 0.903 bits per heavy atom. The van der Waals surface area contributed by atoms with Crippen molar-refractivity contribution in [2.24, 2.45) is 5.10 Å². The molecule has 0 aromatic heterocycles. The summed E-state index contributed by atoms with van der Waals surface area (Å²) < 4.78 is 5.87. The van der Waals surface area contributed by atoms with Gasteiger partial charge in [-0.15, -0.1) is 0 Å². The number of phenolic OH excluding ortho intramolecular Hbond substituents is 2. The first-order valence-electron chi connectivity index (χ1n) is 9.64. The number of hydrogen-bond acceptors (Lipinski definition) is 5. The maximum Gasteiger partial charge on any atom is 0.271 e. The van der Waals surface area contributed by atoms with E-state index in [1.165, 1.54) is 24.4 Å². The van der Waals surface area contributed by atoms with Crippen LogP contribution in [-0.2, 0) is 6.61 Å². The van der Waals surface area contributed by atoms with Crippen molar-refractivity contribution in [1.82, 2.24) is 5.43 Å². The topological polar surface area (TPSA) is 91.2 Å². The molecule has 0 saturated heterocycles. The Hall–Kier alpha value is -4.32. The van der Waals surface area contributed by atoms with Crippen LogP contribution >= 0.6 is 0 Å². The molecule has 4 aromatic rings. The molecule has 0 aliphatic heterocycles. The number of carbonyl (C=O) groups is 1. The summed E-state index contributed by atoms with van der Waals surface area (Å²) in [6.07, 6.45) is 1.30. The van der Waals surface area contributed by atoms with Crippen molar-refractivity contribution in [2.75, 3.05) is 0 Å². The van der Waals surface area contributed by atoms with Gasteiger partial charge in [-0.1, -0.05) is 42.5 Å². The van der Waals surface area contributed by atoms with Crippen LogP contribution in [0, 0.1) is 0 Å². The van der Waals surface area contributed by atoms with E-state index in [4.69, 9.17) is 4.74 Å². The van der Waals surface area contributed by atoms with Crippen molar-refractivity contribution < 1.29 is 19.7 Å². The van der Waals surface area contributed by atoms with E-state index in [1.54, 1.807) is 12.1 Å². The Kier molecular flexibility index (Phi) is 5.80. The molecule has 0 saturated carbocycles. The highest BCUT2D eigenvalue weighted by atomic mass is 16.5. The third kappa shape index (κ3) is 5.00. The fraction of sp³-hybridized carbons (Fsp3) is 0.0400. The number of hydrogen-bond donors (Lipinski definition) is 3. The summed E-state index contributed by atoms with van der Waals surface area (Å²) in [4.78, 5) is 12.2. The molecule has 6 nitrogen and oxygen atoms in total. The number of nitrogens with zero attached hydrogens (tertiary/aromatic N) is 1. The maximum absolute atomic E-state index is 12.2. The summed E-state index contributed by atoms with van der Waals surface area (Å²) in [5, 5.41) is 25.1. The molecule has 4 rings (SSSR count). The third-order valence-corrected chi connectivity index (χ3v) is 4.73. The zero-order valence-electron chi connectivity index (χ0n) is 16.5. The summed E-state index contributed by atoms with van der Waals surface area (Å²) in [6, 6.07) is 25.2. The maximum atomic E-state index is 12.2. The number of hydrazone groups is 1. The van der Waals surface area contributed by atoms with Crippen LogP contribution in [-0.4, -0.2) is 22.3 Å². The van der Waals surface area contributed by atoms with E-state index in [2.05, 4.69) is 16.6 Å². The minimum absolute atomic E-state index is 0.0524. The summed E-state index contributed by atoms with van der Waals surface area (Å²) in [7, 11) is 0. The molecular formula is C25H20N2O4. The fourth-order valence-electron chi connectivity index (χ4n) is 3.04. The molecule has 154 valence electrons. The van der Waals surface area contributed by atoms with Gasteiger partial charge in [0, 0.05) is 17.2 Å². The Labute approximate surface area is 179 Å². The van der Waals surface area contributed by atoms with Crippen LogP contribution in [0.25, 0.3) is 10.8 Å². The van der Waals surface area contributed by atoms with Gasteiger partial charge in [0.1, 0.15) is 23.9 Å². The highest BCUT2D eigenvalue weighted by Crippen LogP contribution is 2.22. The number of benzene rings is 4. The predicted octanol–water partition coefficient (Wildman–Crippen LogP) is 4.59. The molecule has 4 aromatic carbocycles. The van der Waals surface area contributed by atoms with Crippen LogP contribution in [0.2, 0.25) is 0 Å². The quantitative estimate of drug-likeness (QED) is 0.319. The monoisotopic (exact) mass is 412 g/mol. The predicted molar refractivity (Wildman–Crippen MR) is 120 cm³/mol. The molecule has 0 heterocycles. The Balaban J connectivity index is 1.33. The number of carbonyl (C=O) groups excluding carboxylic acids is 1. The number of ether oxygens (including phenoxy) is 1. The second-order valence-electron chi connectivity index (χ2n) is 6.94. The average Bonchev–Trinajstić information content (AvgIpc) is 2.79. The minimum atomic E-state index is -0.378. The van der Waals surface area contributed by atoms with Gasteiger partial charge in [-0.05, 0) is 52.7 Å². The first-order valence-corrected chi connectivity index (χ1v) is 9.64. The molecule has 0 aliphatic rings. The SMILES string of the molecule is O=C(NN=Cc1ccc(O)cc1O)c1ccc(COc2ccc3ccccc3c2)cc1. The molecule has 0 spiro atoms. The van der Waals surface area contributed by atoms with Gasteiger partial charge in [-0.3, -0.25) is 4.79 Å². The zero-order chi connectivity index (χ0) is 21.6. The van der Waals surface area contributed by atoms with Crippen LogP contribution in [0.1, 0.15) is 21.5 Å². The molecule has 6 heteroatoms. The smallest absolute Gasteiger partial charge is 0.271 e. The first-order chi connectivity index (χ1) is 15.1. The lowest BCUT2D eigenvalue weighted by Crippen LogP contribution is -2.17. The Morgan fingerprint density at radius 3 is 2.45 bits per heavy atom. The first kappa shape index (κ1) is 20.0. The Bertz CT molecular complexity index is 1250. The zero-order valence-corrected chi connectivity index (χ0v) is 16.5. The molecule has 0 radical (unpaired) electrons. The average molecular weight is 412 g/mol. The van der Waals surface area contributed by atoms with E-state index in [0.29, 0.717) is 17.7 Å². The van der Waals surface area contributed by atoms with E-state index in [0.717, 1.165) is 22.1 Å². The largest absolute Gasteiger partial charge is 0.508 e. The minimum Gasteiger partial charge on any atom is -0.508 e. The van der Waals surface area contributed by atoms with E-state index in [1.807, 2.05) is 48.5 Å². The molecule has 0 aliphatic carbocycles. The molecule has 31 heavy (non-hydrogen) atoms. The van der Waals surface area contributed by atoms with Crippen LogP contribution < -0.4 is 10.2 Å². The number of aromatic hydroxyl groups is 2. The van der Waals surface area contributed by atoms with Crippen molar-refractivity contribution in [3.63, 3.8) is 0 Å². The summed E-state index contributed by atoms with van der Waals surface area (Å²) >= 11 is 0. The van der Waals surface area contributed by atoms with Crippen molar-refractivity contribution >= 4 is 22.9 Å². The van der Waals surface area contributed by atoms with Gasteiger partial charge in [0.25, 0.3) is 5.91 Å². The molecule has 0 bridgehead atoms. The van der Waals surface area contributed by atoms with Crippen LogP contribution in [0.3, 0.4) is 0 Å². The highest BCUT2D eigenvalue weighted by Gasteiger charge is 2.05. The second kappa shape index (κ2) is 9.00. The molecule has 3 N–H and O–H groups in total. The van der Waals surface area contributed by atoms with Crippen molar-refractivity contribution in [1.29, 1.82) is 0 Å². The third-order valence-electron chi connectivity index (χ3n) is 4.73. The van der Waals surface area contributed by atoms with E-state index < -0.39 is 0 Å². The summed E-state index contributed by atoms with van der Waals surface area (Å²) in [6.45, 7) is 0.387. The van der Waals surface area contributed by atoms with E-state index >= 15 is 0 Å². The lowest BCUT2D eigenvalue weighted by Gasteiger charge is -2.08. The molecule has 1 amide bonds. The van der Waals surface area contributed by atoms with E-state index in [-0.39, 0.29) is 17.4 Å². The lowest BCUT2D eigenvalue weighted by atomic mass is 10.1. The number of nitrogens with one attached hydrogen (secondary N) is 1. The standard InChI is InChI=1S/C25H20N2O4/c28-22-11-9-21(24(29)14-22)15-26-27-25(30)19-7-5-17(6-8-19)16-31-23-12-10-18-3-1-2-4-20(18)13-23/h1-15,28-29H,16H2,(H,27,30). The van der Waals surface area contributed by atoms with Crippen LogP contribution in [0.15, 0.2) is 90.0 Å². The highest BCUT2D eigenvalue weighted by molar-refractivity contribution is 5.95. The van der Waals surface area contributed by atoms with Crippen molar-refractivity contribution in [2.45, 2.75) is 6.61 Å². The molecule has 0 fully saturated rings. The van der Waals surface area contributed by atoms with Gasteiger partial charge in [-0.2, -0.15) is 5.10 Å². The van der Waals surface area contributed by atoms with Gasteiger partial charge < -0.3 is 14.9 Å². The van der Waals surface area contributed by atoms with Crippen molar-refractivity contribution in [3.8, 4) is 17.2 Å². The summed E-state index contributed by atoms with van der Waals surface area (Å²) in [5.74, 6) is 0.223. The lowest BCUT2D eigenvalue weighted by molar-refractivity contribution is 0.0955. The van der Waals surface area contributed by atoms with Gasteiger partial charge in [0.2, 0.25) is 0 Å². The van der Waals surface area contributed by atoms with Gasteiger partial charge in [0.15, 0.2) is 0 Å². The number of phenols is 2. The number of fused-ring (bicyclic) bond motifs is 1. The molecular weight excluding hydrogens is 392 g/mol. The Morgan fingerprint density at radius 2 is 1.68 bits per heavy atom. The van der Waals surface area contributed by atoms with Crippen LogP contribution in [0.4, 0.5) is 0 Å². The number of amides is 1. The van der Waals surface area contributed by atoms with Gasteiger partial charge in [-0.25, -0.2) is 5.43 Å². The number of rotatable bonds is 6. The van der Waals surface area contributed by atoms with E-state index in [9.17, 15) is 15.0 Å². The van der Waals surface area contributed by atoms with Crippen molar-refractivity contribution in [3.05, 3.63) is 102 Å². The normalized spacial score (nSPS) is 11.0. The van der Waals surface area contributed by atoms with Crippen LogP contribution in [0.5, 0.6) is 17.2 Å². The van der Waals surface area contributed by atoms with Gasteiger partial charge >= 0.3 is 0 Å². The molecule has 0 unspecified atom stereocenters. The summed E-state index contributed by atoms with van der Waals surface area (Å²) in [5.41, 5.74) is 4.16.